The first kappa shape index (κ1) is 12.7. The van der Waals surface area contributed by atoms with E-state index in [1.54, 1.807) is 25.4 Å². The molecule has 92 valence electrons. The van der Waals surface area contributed by atoms with Crippen molar-refractivity contribution in [1.82, 2.24) is 9.97 Å². The Kier molecular flexibility index (Phi) is 4.04. The lowest BCUT2D eigenvalue weighted by Gasteiger charge is -2.12. The molecule has 0 aliphatic carbocycles. The number of rotatable bonds is 3. The summed E-state index contributed by atoms with van der Waals surface area (Å²) in [4.78, 5) is 19.9. The standard InChI is InChI=1S/C13H11BrN2O2/c1-9(12-4-2-3-5-16-12)18-13(17)10-6-11(14)8-15-7-10/h2-9H,1H3/t9-/m1/s1. The minimum absolute atomic E-state index is 0.391. The number of carbonyl (C=O) groups is 1. The van der Waals surface area contributed by atoms with Crippen LogP contribution in [-0.2, 0) is 4.74 Å². The minimum atomic E-state index is -0.415. The maximum absolute atomic E-state index is 11.9. The molecule has 2 rings (SSSR count). The molecule has 4 nitrogen and oxygen atoms in total. The van der Waals surface area contributed by atoms with Crippen molar-refractivity contribution in [3.05, 3.63) is 58.6 Å². The van der Waals surface area contributed by atoms with Crippen LogP contribution < -0.4 is 0 Å². The van der Waals surface area contributed by atoms with Crippen LogP contribution in [0.3, 0.4) is 0 Å². The molecule has 0 saturated heterocycles. The van der Waals surface area contributed by atoms with Gasteiger partial charge in [-0.1, -0.05) is 6.07 Å². The van der Waals surface area contributed by atoms with Gasteiger partial charge in [0.1, 0.15) is 6.10 Å². The lowest BCUT2D eigenvalue weighted by Crippen LogP contribution is -2.10. The highest BCUT2D eigenvalue weighted by Gasteiger charge is 2.14. The van der Waals surface area contributed by atoms with Crippen LogP contribution in [-0.4, -0.2) is 15.9 Å². The molecular formula is C13H11BrN2O2. The quantitative estimate of drug-likeness (QED) is 0.817. The Morgan fingerprint density at radius 1 is 1.39 bits per heavy atom. The molecule has 0 aliphatic rings. The molecule has 2 aromatic rings. The summed E-state index contributed by atoms with van der Waals surface area (Å²) < 4.78 is 6.05. The van der Waals surface area contributed by atoms with Crippen molar-refractivity contribution >= 4 is 21.9 Å². The fourth-order valence-electron chi connectivity index (χ4n) is 1.43. The van der Waals surface area contributed by atoms with Crippen LogP contribution in [0.1, 0.15) is 29.1 Å². The van der Waals surface area contributed by atoms with Crippen molar-refractivity contribution in [1.29, 1.82) is 0 Å². The molecule has 0 fully saturated rings. The van der Waals surface area contributed by atoms with Gasteiger partial charge in [0.2, 0.25) is 0 Å². The summed E-state index contributed by atoms with van der Waals surface area (Å²) in [5.74, 6) is -0.415. The molecular weight excluding hydrogens is 296 g/mol. The second-order valence-corrected chi connectivity index (χ2v) is 4.61. The van der Waals surface area contributed by atoms with Crippen LogP contribution in [0, 0.1) is 0 Å². The zero-order valence-corrected chi connectivity index (χ0v) is 11.3. The topological polar surface area (TPSA) is 52.1 Å². The summed E-state index contributed by atoms with van der Waals surface area (Å²) in [7, 11) is 0. The average Bonchev–Trinajstić information content (AvgIpc) is 2.39. The van der Waals surface area contributed by atoms with E-state index in [-0.39, 0.29) is 0 Å². The molecule has 0 aromatic carbocycles. The highest BCUT2D eigenvalue weighted by Crippen LogP contribution is 2.17. The van der Waals surface area contributed by atoms with Gasteiger partial charge in [-0.3, -0.25) is 9.97 Å². The number of hydrogen-bond donors (Lipinski definition) is 0. The van der Waals surface area contributed by atoms with E-state index >= 15 is 0 Å². The van der Waals surface area contributed by atoms with Gasteiger partial charge >= 0.3 is 5.97 Å². The third-order valence-corrected chi connectivity index (χ3v) is 2.76. The Balaban J connectivity index is 2.08. The fourth-order valence-corrected chi connectivity index (χ4v) is 1.79. The Morgan fingerprint density at radius 3 is 2.89 bits per heavy atom. The van der Waals surface area contributed by atoms with Crippen LogP contribution in [0.15, 0.2) is 47.3 Å². The van der Waals surface area contributed by atoms with Gasteiger partial charge in [0.05, 0.1) is 11.3 Å². The molecule has 2 aromatic heterocycles. The summed E-state index contributed by atoms with van der Waals surface area (Å²) in [5.41, 5.74) is 1.13. The third kappa shape index (κ3) is 3.13. The number of carbonyl (C=O) groups excluding carboxylic acids is 1. The van der Waals surface area contributed by atoms with E-state index in [0.29, 0.717) is 11.3 Å². The lowest BCUT2D eigenvalue weighted by atomic mass is 10.2. The fraction of sp³-hybridized carbons (Fsp3) is 0.154. The minimum Gasteiger partial charge on any atom is -0.453 e. The lowest BCUT2D eigenvalue weighted by molar-refractivity contribution is 0.0328. The van der Waals surface area contributed by atoms with Crippen LogP contribution in [0.5, 0.6) is 0 Å². The number of pyridine rings is 2. The summed E-state index contributed by atoms with van der Waals surface area (Å²) in [6, 6.07) is 7.15. The van der Waals surface area contributed by atoms with Gasteiger partial charge in [-0.15, -0.1) is 0 Å². The van der Waals surface area contributed by atoms with Gasteiger partial charge < -0.3 is 4.74 Å². The molecule has 5 heteroatoms. The van der Waals surface area contributed by atoms with Crippen molar-refractivity contribution in [3.63, 3.8) is 0 Å². The van der Waals surface area contributed by atoms with E-state index in [2.05, 4.69) is 25.9 Å². The van der Waals surface area contributed by atoms with E-state index in [9.17, 15) is 4.79 Å². The number of nitrogens with zero attached hydrogens (tertiary/aromatic N) is 2. The van der Waals surface area contributed by atoms with Crippen molar-refractivity contribution < 1.29 is 9.53 Å². The van der Waals surface area contributed by atoms with Gasteiger partial charge in [0.25, 0.3) is 0 Å². The van der Waals surface area contributed by atoms with E-state index in [4.69, 9.17) is 4.74 Å². The Hall–Kier alpha value is -1.75. The van der Waals surface area contributed by atoms with E-state index in [1.165, 1.54) is 6.20 Å². The molecule has 2 heterocycles. The zero-order chi connectivity index (χ0) is 13.0. The first-order valence-corrected chi connectivity index (χ1v) is 6.18. The Labute approximate surface area is 113 Å². The first-order chi connectivity index (χ1) is 8.66. The molecule has 0 unspecified atom stereocenters. The second-order valence-electron chi connectivity index (χ2n) is 3.69. The van der Waals surface area contributed by atoms with Crippen LogP contribution in [0.2, 0.25) is 0 Å². The van der Waals surface area contributed by atoms with E-state index in [0.717, 1.165) is 4.47 Å². The maximum atomic E-state index is 11.9. The van der Waals surface area contributed by atoms with Gasteiger partial charge in [-0.05, 0) is 41.1 Å². The number of aromatic nitrogens is 2. The van der Waals surface area contributed by atoms with E-state index < -0.39 is 12.1 Å². The molecule has 0 bridgehead atoms. The number of esters is 1. The van der Waals surface area contributed by atoms with Gasteiger partial charge in [-0.25, -0.2) is 4.79 Å². The first-order valence-electron chi connectivity index (χ1n) is 5.39. The normalized spacial score (nSPS) is 11.9. The summed E-state index contributed by atoms with van der Waals surface area (Å²) in [6.45, 7) is 1.78. The smallest absolute Gasteiger partial charge is 0.340 e. The molecule has 0 spiro atoms. The second kappa shape index (κ2) is 5.73. The van der Waals surface area contributed by atoms with Crippen molar-refractivity contribution in [2.75, 3.05) is 0 Å². The highest BCUT2D eigenvalue weighted by atomic mass is 79.9. The van der Waals surface area contributed by atoms with Crippen LogP contribution in [0.4, 0.5) is 0 Å². The summed E-state index contributed by atoms with van der Waals surface area (Å²) in [5, 5.41) is 0. The molecule has 0 N–H and O–H groups in total. The zero-order valence-electron chi connectivity index (χ0n) is 9.71. The third-order valence-electron chi connectivity index (χ3n) is 2.33. The number of ether oxygens (including phenoxy) is 1. The van der Waals surface area contributed by atoms with E-state index in [1.807, 2.05) is 18.2 Å². The van der Waals surface area contributed by atoms with Gasteiger partial charge in [0.15, 0.2) is 0 Å². The molecule has 18 heavy (non-hydrogen) atoms. The number of halogens is 1. The van der Waals surface area contributed by atoms with Crippen molar-refractivity contribution in [3.8, 4) is 0 Å². The van der Waals surface area contributed by atoms with Gasteiger partial charge in [0, 0.05) is 23.1 Å². The van der Waals surface area contributed by atoms with Crippen molar-refractivity contribution in [2.24, 2.45) is 0 Å². The van der Waals surface area contributed by atoms with Crippen molar-refractivity contribution in [2.45, 2.75) is 13.0 Å². The number of hydrogen-bond acceptors (Lipinski definition) is 4. The predicted molar refractivity (Wildman–Crippen MR) is 70.0 cm³/mol. The predicted octanol–water partition coefficient (Wildman–Crippen LogP) is 3.16. The largest absolute Gasteiger partial charge is 0.453 e. The van der Waals surface area contributed by atoms with Crippen LogP contribution in [0.25, 0.3) is 0 Å². The molecule has 1 atom stereocenters. The molecule has 0 aliphatic heterocycles. The highest BCUT2D eigenvalue weighted by molar-refractivity contribution is 9.10. The van der Waals surface area contributed by atoms with Gasteiger partial charge in [-0.2, -0.15) is 0 Å². The molecule has 0 amide bonds. The Morgan fingerprint density at radius 2 is 2.22 bits per heavy atom. The molecule has 0 saturated carbocycles. The summed E-state index contributed by atoms with van der Waals surface area (Å²) >= 11 is 3.26. The average molecular weight is 307 g/mol. The molecule has 0 radical (unpaired) electrons. The Bertz CT molecular complexity index is 546. The monoisotopic (exact) mass is 306 g/mol. The maximum Gasteiger partial charge on any atom is 0.340 e. The SMILES string of the molecule is C[C@@H](OC(=O)c1cncc(Br)c1)c1ccccn1. The summed E-state index contributed by atoms with van der Waals surface area (Å²) in [6.07, 6.45) is 4.36. The van der Waals surface area contributed by atoms with Crippen LogP contribution >= 0.6 is 15.9 Å².